The molecule has 27 heavy (non-hydrogen) atoms. The Hall–Kier alpha value is -1.10. The van der Waals surface area contributed by atoms with Crippen molar-refractivity contribution < 1.29 is 17.5 Å². The van der Waals surface area contributed by atoms with Crippen LogP contribution in [0.4, 0.5) is 4.39 Å². The first kappa shape index (κ1) is 25.9. The van der Waals surface area contributed by atoms with E-state index >= 15 is 0 Å². The summed E-state index contributed by atoms with van der Waals surface area (Å²) >= 11 is 0. The van der Waals surface area contributed by atoms with Gasteiger partial charge in [0, 0.05) is 13.1 Å². The maximum atomic E-state index is 12.9. The Morgan fingerprint density at radius 1 is 1.22 bits per heavy atom. The zero-order valence-corrected chi connectivity index (χ0v) is 19.7. The van der Waals surface area contributed by atoms with E-state index in [1.54, 1.807) is 32.9 Å². The highest BCUT2D eigenvalue weighted by Crippen LogP contribution is 2.15. The first-order valence-electron chi connectivity index (χ1n) is 8.72. The van der Waals surface area contributed by atoms with Crippen molar-refractivity contribution in [1.29, 1.82) is 0 Å². The van der Waals surface area contributed by atoms with E-state index in [1.165, 1.54) is 12.1 Å². The summed E-state index contributed by atoms with van der Waals surface area (Å²) in [4.78, 5) is 4.41. The summed E-state index contributed by atoms with van der Waals surface area (Å²) < 4.78 is 42.1. The van der Waals surface area contributed by atoms with Crippen molar-refractivity contribution in [2.75, 3.05) is 25.4 Å². The number of nitrogens with one attached hydrogen (secondary N) is 2. The van der Waals surface area contributed by atoms with Gasteiger partial charge in [0.25, 0.3) is 0 Å². The number of guanidine groups is 1. The van der Waals surface area contributed by atoms with Gasteiger partial charge in [0.05, 0.1) is 17.0 Å². The Morgan fingerprint density at radius 3 is 2.33 bits per heavy atom. The van der Waals surface area contributed by atoms with Crippen LogP contribution in [0.1, 0.15) is 34.6 Å². The Balaban J connectivity index is 0.00000676. The van der Waals surface area contributed by atoms with Crippen LogP contribution in [0.2, 0.25) is 0 Å². The van der Waals surface area contributed by atoms with Gasteiger partial charge in [-0.25, -0.2) is 17.8 Å². The fraction of sp³-hybridized carbons (Fsp3) is 0.611. The van der Waals surface area contributed by atoms with Crippen LogP contribution in [-0.4, -0.2) is 50.6 Å². The highest BCUT2D eigenvalue weighted by molar-refractivity contribution is 14.0. The molecule has 1 unspecified atom stereocenters. The average Bonchev–Trinajstić information content (AvgIpc) is 2.53. The Bertz CT molecular complexity index is 689. The van der Waals surface area contributed by atoms with Gasteiger partial charge in [-0.05, 0) is 58.9 Å². The van der Waals surface area contributed by atoms with E-state index in [4.69, 9.17) is 4.74 Å². The molecule has 1 atom stereocenters. The van der Waals surface area contributed by atoms with Gasteiger partial charge >= 0.3 is 0 Å². The lowest BCUT2D eigenvalue weighted by atomic mass is 10.3. The second kappa shape index (κ2) is 11.7. The smallest absolute Gasteiger partial charge is 0.191 e. The molecule has 1 aromatic carbocycles. The number of halogens is 2. The molecule has 1 aromatic rings. The molecule has 0 heterocycles. The molecule has 0 aliphatic heterocycles. The molecule has 2 N–H and O–H groups in total. The van der Waals surface area contributed by atoms with Gasteiger partial charge in [-0.1, -0.05) is 0 Å². The molecule has 0 aliphatic rings. The van der Waals surface area contributed by atoms with Crippen molar-refractivity contribution in [2.45, 2.75) is 45.5 Å². The number of rotatable bonds is 8. The molecule has 0 spiro atoms. The van der Waals surface area contributed by atoms with Crippen LogP contribution in [0.25, 0.3) is 0 Å². The Kier molecular flexibility index (Phi) is 11.2. The van der Waals surface area contributed by atoms with Gasteiger partial charge in [-0.15, -0.1) is 24.0 Å². The van der Waals surface area contributed by atoms with E-state index in [2.05, 4.69) is 15.6 Å². The Morgan fingerprint density at radius 2 is 1.81 bits per heavy atom. The van der Waals surface area contributed by atoms with E-state index in [0.717, 1.165) is 0 Å². The van der Waals surface area contributed by atoms with Crippen molar-refractivity contribution in [3.8, 4) is 5.75 Å². The molecule has 0 bridgehead atoms. The topological polar surface area (TPSA) is 79.8 Å². The van der Waals surface area contributed by atoms with Gasteiger partial charge in [0.2, 0.25) is 0 Å². The summed E-state index contributed by atoms with van der Waals surface area (Å²) in [6.07, 6.45) is -0.214. The molecular formula is C18H31FIN3O3S. The van der Waals surface area contributed by atoms with Gasteiger partial charge < -0.3 is 15.4 Å². The summed E-state index contributed by atoms with van der Waals surface area (Å²) in [5, 5.41) is 6.10. The zero-order valence-electron chi connectivity index (χ0n) is 16.6. The Labute approximate surface area is 179 Å². The lowest BCUT2D eigenvalue weighted by molar-refractivity contribution is 0.230. The van der Waals surface area contributed by atoms with Crippen molar-refractivity contribution >= 4 is 39.8 Å². The first-order chi connectivity index (χ1) is 12.0. The largest absolute Gasteiger partial charge is 0.489 e. The molecule has 6 nitrogen and oxygen atoms in total. The molecule has 1 rings (SSSR count). The minimum Gasteiger partial charge on any atom is -0.489 e. The molecule has 0 aliphatic carbocycles. The van der Waals surface area contributed by atoms with Crippen LogP contribution < -0.4 is 15.4 Å². The number of benzene rings is 1. The number of nitrogens with zero attached hydrogens (tertiary/aromatic N) is 1. The summed E-state index contributed by atoms with van der Waals surface area (Å²) in [6, 6.07) is 5.81. The summed E-state index contributed by atoms with van der Waals surface area (Å²) in [5.41, 5.74) is 0. The van der Waals surface area contributed by atoms with E-state index in [1.807, 2.05) is 13.8 Å². The van der Waals surface area contributed by atoms with Crippen molar-refractivity contribution in [2.24, 2.45) is 4.99 Å². The van der Waals surface area contributed by atoms with E-state index < -0.39 is 14.6 Å². The van der Waals surface area contributed by atoms with Crippen LogP contribution in [0.5, 0.6) is 5.75 Å². The monoisotopic (exact) mass is 515 g/mol. The van der Waals surface area contributed by atoms with Crippen LogP contribution in [0.15, 0.2) is 29.3 Å². The third-order valence-electron chi connectivity index (χ3n) is 3.60. The average molecular weight is 515 g/mol. The maximum Gasteiger partial charge on any atom is 0.191 e. The molecular weight excluding hydrogens is 484 g/mol. The predicted molar refractivity (Wildman–Crippen MR) is 119 cm³/mol. The molecule has 0 fully saturated rings. The highest BCUT2D eigenvalue weighted by Gasteiger charge is 2.28. The standard InChI is InChI=1S/C18H30FN3O3S.HI/c1-6-20-17(21-11-12-26(23,24)18(3,4)5)22-13-14(2)25-16-9-7-15(19)8-10-16;/h7-10,14H,6,11-13H2,1-5H3,(H2,20,21,22);1H. The lowest BCUT2D eigenvalue weighted by Gasteiger charge is -2.20. The van der Waals surface area contributed by atoms with Crippen molar-refractivity contribution in [1.82, 2.24) is 10.6 Å². The molecule has 0 saturated carbocycles. The second-order valence-corrected chi connectivity index (χ2v) is 9.82. The molecule has 0 aromatic heterocycles. The van der Waals surface area contributed by atoms with Crippen LogP contribution in [0, 0.1) is 5.82 Å². The third kappa shape index (κ3) is 9.59. The van der Waals surface area contributed by atoms with Gasteiger partial charge in [-0.2, -0.15) is 0 Å². The molecule has 0 saturated heterocycles. The van der Waals surface area contributed by atoms with E-state index in [0.29, 0.717) is 24.8 Å². The number of hydrogen-bond donors (Lipinski definition) is 2. The third-order valence-corrected chi connectivity index (χ3v) is 6.21. The quantitative estimate of drug-likeness (QED) is 0.316. The fourth-order valence-electron chi connectivity index (χ4n) is 1.95. The van der Waals surface area contributed by atoms with Gasteiger partial charge in [-0.3, -0.25) is 0 Å². The zero-order chi connectivity index (χ0) is 19.8. The SMILES string of the molecule is CCNC(=NCC(C)Oc1ccc(F)cc1)NCCS(=O)(=O)C(C)(C)C.I. The number of sulfone groups is 1. The van der Waals surface area contributed by atoms with Gasteiger partial charge in [0.1, 0.15) is 17.7 Å². The molecule has 0 amide bonds. The summed E-state index contributed by atoms with van der Waals surface area (Å²) in [5.74, 6) is 0.823. The maximum absolute atomic E-state index is 12.9. The van der Waals surface area contributed by atoms with Crippen LogP contribution >= 0.6 is 24.0 Å². The summed E-state index contributed by atoms with van der Waals surface area (Å²) in [7, 11) is -3.18. The fourth-order valence-corrected chi connectivity index (χ4v) is 2.94. The normalized spacial score (nSPS) is 13.5. The second-order valence-electron chi connectivity index (χ2n) is 6.96. The van der Waals surface area contributed by atoms with Crippen LogP contribution in [0.3, 0.4) is 0 Å². The molecule has 156 valence electrons. The van der Waals surface area contributed by atoms with E-state index in [9.17, 15) is 12.8 Å². The highest BCUT2D eigenvalue weighted by atomic mass is 127. The minimum absolute atomic E-state index is 0. The predicted octanol–water partition coefficient (Wildman–Crippen LogP) is 2.98. The van der Waals surface area contributed by atoms with Crippen molar-refractivity contribution in [3.63, 3.8) is 0 Å². The van der Waals surface area contributed by atoms with Gasteiger partial charge in [0.15, 0.2) is 15.8 Å². The lowest BCUT2D eigenvalue weighted by Crippen LogP contribution is -2.42. The van der Waals surface area contributed by atoms with Crippen molar-refractivity contribution in [3.05, 3.63) is 30.1 Å². The first-order valence-corrected chi connectivity index (χ1v) is 10.4. The number of ether oxygens (including phenoxy) is 1. The number of hydrogen-bond acceptors (Lipinski definition) is 4. The van der Waals surface area contributed by atoms with E-state index in [-0.39, 0.29) is 48.2 Å². The minimum atomic E-state index is -3.18. The molecule has 9 heteroatoms. The molecule has 0 radical (unpaired) electrons. The van der Waals surface area contributed by atoms with Crippen LogP contribution in [-0.2, 0) is 9.84 Å². The summed E-state index contributed by atoms with van der Waals surface area (Å²) in [6.45, 7) is 10.2. The number of aliphatic imine (C=N–C) groups is 1.